The maximum Gasteiger partial charge on any atom is 0.243 e. The number of carbonyl (C=O) groups excluding carboxylic acids is 1. The maximum absolute atomic E-state index is 13.0. The molecule has 1 aliphatic rings. The number of hydrogen-bond acceptors (Lipinski definition) is 3. The van der Waals surface area contributed by atoms with Crippen molar-refractivity contribution in [1.82, 2.24) is 9.62 Å². The predicted molar refractivity (Wildman–Crippen MR) is 85.8 cm³/mol. The Kier molecular flexibility index (Phi) is 5.10. The van der Waals surface area contributed by atoms with E-state index in [0.717, 1.165) is 12.1 Å². The van der Waals surface area contributed by atoms with Crippen LogP contribution in [-0.2, 0) is 14.8 Å². The van der Waals surface area contributed by atoms with Crippen LogP contribution in [0.15, 0.2) is 29.2 Å². The fourth-order valence-electron chi connectivity index (χ4n) is 2.60. The lowest BCUT2D eigenvalue weighted by Gasteiger charge is -2.33. The van der Waals surface area contributed by atoms with Gasteiger partial charge in [-0.05, 0) is 57.9 Å². The third-order valence-electron chi connectivity index (χ3n) is 3.70. The lowest BCUT2D eigenvalue weighted by molar-refractivity contribution is -0.127. The third kappa shape index (κ3) is 4.51. The number of benzene rings is 1. The molecule has 1 aliphatic heterocycles. The van der Waals surface area contributed by atoms with Crippen LogP contribution < -0.4 is 5.32 Å². The Balaban J connectivity index is 2.14. The minimum absolute atomic E-state index is 0.0516. The average Bonchev–Trinajstić information content (AvgIpc) is 2.46. The highest BCUT2D eigenvalue weighted by molar-refractivity contribution is 7.89. The molecule has 1 aromatic carbocycles. The van der Waals surface area contributed by atoms with Gasteiger partial charge in [0.2, 0.25) is 15.9 Å². The first-order chi connectivity index (χ1) is 10.6. The summed E-state index contributed by atoms with van der Waals surface area (Å²) in [7, 11) is -3.70. The second-order valence-corrected chi connectivity index (χ2v) is 8.83. The van der Waals surface area contributed by atoms with Crippen molar-refractivity contribution in [2.45, 2.75) is 44.0 Å². The van der Waals surface area contributed by atoms with E-state index < -0.39 is 15.8 Å². The zero-order valence-corrected chi connectivity index (χ0v) is 14.5. The summed E-state index contributed by atoms with van der Waals surface area (Å²) in [5, 5.41) is 2.90. The van der Waals surface area contributed by atoms with Crippen molar-refractivity contribution in [3.05, 3.63) is 30.1 Å². The largest absolute Gasteiger partial charge is 0.351 e. The molecule has 0 aliphatic carbocycles. The van der Waals surface area contributed by atoms with Crippen LogP contribution in [-0.4, -0.2) is 37.3 Å². The van der Waals surface area contributed by atoms with Gasteiger partial charge in [0.25, 0.3) is 0 Å². The van der Waals surface area contributed by atoms with Crippen LogP contribution >= 0.6 is 0 Å². The Morgan fingerprint density at radius 3 is 2.43 bits per heavy atom. The van der Waals surface area contributed by atoms with Crippen molar-refractivity contribution in [2.75, 3.05) is 13.1 Å². The summed E-state index contributed by atoms with van der Waals surface area (Å²) >= 11 is 0. The van der Waals surface area contributed by atoms with Crippen LogP contribution in [0.4, 0.5) is 4.39 Å². The molecule has 0 saturated carbocycles. The molecule has 0 radical (unpaired) electrons. The van der Waals surface area contributed by atoms with Crippen LogP contribution in [0.1, 0.15) is 33.6 Å². The number of amides is 1. The quantitative estimate of drug-likeness (QED) is 0.915. The summed E-state index contributed by atoms with van der Waals surface area (Å²) < 4.78 is 39.5. The molecule has 2 rings (SSSR count). The normalized spacial score (nSPS) is 20.3. The van der Waals surface area contributed by atoms with Gasteiger partial charge in [0.15, 0.2) is 0 Å². The fourth-order valence-corrected chi connectivity index (χ4v) is 4.13. The van der Waals surface area contributed by atoms with E-state index in [9.17, 15) is 17.6 Å². The standard InChI is InChI=1S/C16H23FN2O3S/c1-16(2,3)18-15(20)12-5-4-10-19(11-12)23(21,22)14-8-6-13(17)7-9-14/h6-9,12H,4-5,10-11H2,1-3H3,(H,18,20)/t12-/m0/s1. The van der Waals surface area contributed by atoms with Gasteiger partial charge in [-0.1, -0.05) is 0 Å². The first-order valence-corrected chi connectivity index (χ1v) is 9.11. The van der Waals surface area contributed by atoms with E-state index in [1.54, 1.807) is 0 Å². The number of carbonyl (C=O) groups is 1. The average molecular weight is 342 g/mol. The molecule has 1 fully saturated rings. The molecule has 1 N–H and O–H groups in total. The SMILES string of the molecule is CC(C)(C)NC(=O)[C@H]1CCCN(S(=O)(=O)c2ccc(F)cc2)C1. The van der Waals surface area contributed by atoms with Gasteiger partial charge in [0.05, 0.1) is 10.8 Å². The van der Waals surface area contributed by atoms with E-state index in [1.165, 1.54) is 16.4 Å². The number of halogens is 1. The van der Waals surface area contributed by atoms with Crippen LogP contribution in [0.5, 0.6) is 0 Å². The van der Waals surface area contributed by atoms with Gasteiger partial charge in [-0.15, -0.1) is 0 Å². The van der Waals surface area contributed by atoms with E-state index in [4.69, 9.17) is 0 Å². The molecule has 1 amide bonds. The lowest BCUT2D eigenvalue weighted by atomic mass is 9.97. The predicted octanol–water partition coefficient (Wildman–Crippen LogP) is 2.14. The Morgan fingerprint density at radius 1 is 1.26 bits per heavy atom. The smallest absolute Gasteiger partial charge is 0.243 e. The monoisotopic (exact) mass is 342 g/mol. The van der Waals surface area contributed by atoms with E-state index in [1.807, 2.05) is 20.8 Å². The van der Waals surface area contributed by atoms with Gasteiger partial charge in [0, 0.05) is 18.6 Å². The topological polar surface area (TPSA) is 66.5 Å². The molecule has 128 valence electrons. The van der Waals surface area contributed by atoms with E-state index in [0.29, 0.717) is 19.4 Å². The van der Waals surface area contributed by atoms with E-state index in [2.05, 4.69) is 5.32 Å². The first kappa shape index (κ1) is 17.9. The molecule has 0 unspecified atom stereocenters. The number of rotatable bonds is 3. The minimum Gasteiger partial charge on any atom is -0.351 e. The molecular formula is C16H23FN2O3S. The molecule has 1 atom stereocenters. The number of hydrogen-bond donors (Lipinski definition) is 1. The highest BCUT2D eigenvalue weighted by atomic mass is 32.2. The Bertz CT molecular complexity index is 666. The first-order valence-electron chi connectivity index (χ1n) is 7.67. The molecule has 0 aromatic heterocycles. The highest BCUT2D eigenvalue weighted by Gasteiger charge is 2.34. The summed E-state index contributed by atoms with van der Waals surface area (Å²) in [6.45, 7) is 6.20. The zero-order chi connectivity index (χ0) is 17.3. The second-order valence-electron chi connectivity index (χ2n) is 6.90. The molecule has 0 bridgehead atoms. The summed E-state index contributed by atoms with van der Waals surface area (Å²) in [6.07, 6.45) is 1.29. The van der Waals surface area contributed by atoms with Gasteiger partial charge < -0.3 is 5.32 Å². The molecule has 0 spiro atoms. The Labute approximate surface area is 136 Å². The van der Waals surface area contributed by atoms with Gasteiger partial charge in [-0.25, -0.2) is 12.8 Å². The van der Waals surface area contributed by atoms with Crippen LogP contribution in [0.25, 0.3) is 0 Å². The van der Waals surface area contributed by atoms with E-state index in [-0.39, 0.29) is 28.8 Å². The summed E-state index contributed by atoms with van der Waals surface area (Å²) in [5.41, 5.74) is -0.352. The van der Waals surface area contributed by atoms with Crippen LogP contribution in [0, 0.1) is 11.7 Å². The number of nitrogens with zero attached hydrogens (tertiary/aromatic N) is 1. The van der Waals surface area contributed by atoms with Crippen molar-refractivity contribution in [3.63, 3.8) is 0 Å². The molecule has 5 nitrogen and oxygen atoms in total. The van der Waals surface area contributed by atoms with E-state index >= 15 is 0 Å². The van der Waals surface area contributed by atoms with Crippen molar-refractivity contribution in [3.8, 4) is 0 Å². The number of piperidine rings is 1. The van der Waals surface area contributed by atoms with Gasteiger partial charge in [0.1, 0.15) is 5.82 Å². The summed E-state index contributed by atoms with van der Waals surface area (Å²) in [5.74, 6) is -0.972. The van der Waals surface area contributed by atoms with Gasteiger partial charge in [-0.3, -0.25) is 4.79 Å². The molecule has 1 aromatic rings. The highest BCUT2D eigenvalue weighted by Crippen LogP contribution is 2.24. The molecule has 1 saturated heterocycles. The van der Waals surface area contributed by atoms with Crippen molar-refractivity contribution < 1.29 is 17.6 Å². The number of sulfonamides is 1. The van der Waals surface area contributed by atoms with Gasteiger partial charge >= 0.3 is 0 Å². The van der Waals surface area contributed by atoms with Crippen molar-refractivity contribution in [1.29, 1.82) is 0 Å². The minimum atomic E-state index is -3.70. The number of nitrogens with one attached hydrogen (secondary N) is 1. The third-order valence-corrected chi connectivity index (χ3v) is 5.58. The lowest BCUT2D eigenvalue weighted by Crippen LogP contribution is -2.49. The van der Waals surface area contributed by atoms with Crippen molar-refractivity contribution >= 4 is 15.9 Å². The molecular weight excluding hydrogens is 319 g/mol. The van der Waals surface area contributed by atoms with Gasteiger partial charge in [-0.2, -0.15) is 4.31 Å². The second kappa shape index (κ2) is 6.57. The zero-order valence-electron chi connectivity index (χ0n) is 13.7. The Hall–Kier alpha value is -1.47. The van der Waals surface area contributed by atoms with Crippen LogP contribution in [0.3, 0.4) is 0 Å². The van der Waals surface area contributed by atoms with Crippen molar-refractivity contribution in [2.24, 2.45) is 5.92 Å². The van der Waals surface area contributed by atoms with Crippen LogP contribution in [0.2, 0.25) is 0 Å². The summed E-state index contributed by atoms with van der Waals surface area (Å²) in [6, 6.07) is 4.76. The maximum atomic E-state index is 13.0. The molecule has 23 heavy (non-hydrogen) atoms. The molecule has 7 heteroatoms. The fraction of sp³-hybridized carbons (Fsp3) is 0.562. The Morgan fingerprint density at radius 2 is 1.87 bits per heavy atom. The summed E-state index contributed by atoms with van der Waals surface area (Å²) in [4.78, 5) is 12.3. The molecule has 1 heterocycles.